The number of nitrogens with one attached hydrogen (secondary N) is 1. The largest absolute Gasteiger partial charge is 0.444 e. The molecule has 3 amide bonds. The second-order valence-corrected chi connectivity index (χ2v) is 5.97. The van der Waals surface area contributed by atoms with Gasteiger partial charge in [-0.15, -0.1) is 0 Å². The number of carbonyl (C=O) groups excluding carboxylic acids is 2. The number of carbonyl (C=O) groups is 2. The van der Waals surface area contributed by atoms with E-state index in [2.05, 4.69) is 10.3 Å². The normalized spacial score (nSPS) is 16.8. The van der Waals surface area contributed by atoms with Gasteiger partial charge in [0, 0.05) is 31.6 Å². The van der Waals surface area contributed by atoms with Crippen LogP contribution in [-0.2, 0) is 11.2 Å². The number of nitrogens with zero attached hydrogens (tertiary/aromatic N) is 2. The molecule has 0 spiro atoms. The van der Waals surface area contributed by atoms with Crippen LogP contribution in [0.3, 0.4) is 0 Å². The van der Waals surface area contributed by atoms with Crippen LogP contribution >= 0.6 is 0 Å². The molecule has 1 aromatic carbocycles. The van der Waals surface area contributed by atoms with Crippen molar-refractivity contribution in [3.8, 4) is 11.5 Å². The molecule has 2 heterocycles. The smallest absolute Gasteiger partial charge is 0.317 e. The van der Waals surface area contributed by atoms with Gasteiger partial charge in [0.1, 0.15) is 12.1 Å². The van der Waals surface area contributed by atoms with Crippen molar-refractivity contribution in [2.24, 2.45) is 11.7 Å². The highest BCUT2D eigenvalue weighted by Gasteiger charge is 2.29. The van der Waals surface area contributed by atoms with Crippen molar-refractivity contribution in [1.82, 2.24) is 15.2 Å². The van der Waals surface area contributed by atoms with E-state index in [-0.39, 0.29) is 23.7 Å². The first-order chi connectivity index (χ1) is 12.0. The molecule has 1 aliphatic heterocycles. The summed E-state index contributed by atoms with van der Waals surface area (Å²) in [6.45, 7) is 1.28. The van der Waals surface area contributed by atoms with Gasteiger partial charge in [-0.1, -0.05) is 0 Å². The van der Waals surface area contributed by atoms with Crippen molar-refractivity contribution >= 4 is 11.9 Å². The van der Waals surface area contributed by atoms with Crippen molar-refractivity contribution in [3.05, 3.63) is 42.0 Å². The summed E-state index contributed by atoms with van der Waals surface area (Å²) in [6.07, 6.45) is 2.63. The summed E-state index contributed by atoms with van der Waals surface area (Å²) < 4.78 is 18.3. The van der Waals surface area contributed by atoms with Crippen LogP contribution < -0.4 is 11.1 Å². The molecule has 0 unspecified atom stereocenters. The molecule has 1 saturated heterocycles. The summed E-state index contributed by atoms with van der Waals surface area (Å²) in [5.41, 5.74) is 6.64. The van der Waals surface area contributed by atoms with Crippen molar-refractivity contribution in [3.63, 3.8) is 0 Å². The molecule has 0 aliphatic carbocycles. The SMILES string of the molecule is NC(=O)[C@@H]1CCN(C(=O)NCCc2coc(-c3ccc(F)cc3)n2)C1. The van der Waals surface area contributed by atoms with Crippen LogP contribution in [0, 0.1) is 11.7 Å². The van der Waals surface area contributed by atoms with Gasteiger partial charge >= 0.3 is 6.03 Å². The lowest BCUT2D eigenvalue weighted by Gasteiger charge is -2.16. The Hall–Kier alpha value is -2.90. The van der Waals surface area contributed by atoms with Crippen LogP contribution in [0.2, 0.25) is 0 Å². The van der Waals surface area contributed by atoms with E-state index in [1.165, 1.54) is 18.4 Å². The van der Waals surface area contributed by atoms with Crippen LogP contribution in [0.5, 0.6) is 0 Å². The summed E-state index contributed by atoms with van der Waals surface area (Å²) in [4.78, 5) is 29.1. The number of urea groups is 1. The van der Waals surface area contributed by atoms with Gasteiger partial charge in [0.05, 0.1) is 11.6 Å². The first-order valence-corrected chi connectivity index (χ1v) is 8.05. The van der Waals surface area contributed by atoms with E-state index in [0.29, 0.717) is 49.6 Å². The highest BCUT2D eigenvalue weighted by atomic mass is 19.1. The Kier molecular flexibility index (Phi) is 4.97. The quantitative estimate of drug-likeness (QED) is 0.857. The second-order valence-electron chi connectivity index (χ2n) is 5.97. The average molecular weight is 346 g/mol. The van der Waals surface area contributed by atoms with Gasteiger partial charge in [0.25, 0.3) is 0 Å². The van der Waals surface area contributed by atoms with Crippen molar-refractivity contribution in [2.45, 2.75) is 12.8 Å². The molecule has 1 fully saturated rings. The van der Waals surface area contributed by atoms with Gasteiger partial charge in [0.15, 0.2) is 0 Å². The van der Waals surface area contributed by atoms with Crippen molar-refractivity contribution < 1.29 is 18.4 Å². The molecule has 3 N–H and O–H groups in total. The number of oxazole rings is 1. The molecule has 25 heavy (non-hydrogen) atoms. The maximum Gasteiger partial charge on any atom is 0.317 e. The molecule has 2 aromatic rings. The maximum atomic E-state index is 12.9. The van der Waals surface area contributed by atoms with Crippen LogP contribution in [0.15, 0.2) is 34.9 Å². The Morgan fingerprint density at radius 1 is 1.36 bits per heavy atom. The predicted molar refractivity (Wildman–Crippen MR) is 87.9 cm³/mol. The maximum absolute atomic E-state index is 12.9. The molecule has 1 aliphatic rings. The van der Waals surface area contributed by atoms with Crippen LogP contribution in [-0.4, -0.2) is 41.5 Å². The third-order valence-electron chi connectivity index (χ3n) is 4.18. The molecular weight excluding hydrogens is 327 g/mol. The first-order valence-electron chi connectivity index (χ1n) is 8.05. The standard InChI is InChI=1S/C17H19FN4O3/c18-13-3-1-11(2-4-13)16-21-14(10-25-16)5-7-20-17(24)22-8-6-12(9-22)15(19)23/h1-4,10,12H,5-9H2,(H2,19,23)(H,20,24)/t12-/m1/s1. The number of primary amides is 1. The zero-order chi connectivity index (χ0) is 17.8. The van der Waals surface area contributed by atoms with Crippen LogP contribution in [0.1, 0.15) is 12.1 Å². The fourth-order valence-corrected chi connectivity index (χ4v) is 2.73. The first kappa shape index (κ1) is 16.9. The minimum absolute atomic E-state index is 0.217. The predicted octanol–water partition coefficient (Wildman–Crippen LogP) is 1.54. The molecular formula is C17H19FN4O3. The Morgan fingerprint density at radius 3 is 2.80 bits per heavy atom. The van der Waals surface area contributed by atoms with E-state index < -0.39 is 0 Å². The lowest BCUT2D eigenvalue weighted by Crippen LogP contribution is -2.40. The highest BCUT2D eigenvalue weighted by molar-refractivity contribution is 5.80. The minimum atomic E-state index is -0.369. The Morgan fingerprint density at radius 2 is 2.12 bits per heavy atom. The number of hydrogen-bond acceptors (Lipinski definition) is 4. The number of rotatable bonds is 5. The Labute approximate surface area is 144 Å². The van der Waals surface area contributed by atoms with Gasteiger partial charge in [0.2, 0.25) is 11.8 Å². The summed E-state index contributed by atoms with van der Waals surface area (Å²) in [5.74, 6) is -0.547. The summed E-state index contributed by atoms with van der Waals surface area (Å²) in [5, 5.41) is 2.79. The lowest BCUT2D eigenvalue weighted by atomic mass is 10.1. The van der Waals surface area contributed by atoms with Gasteiger partial charge in [-0.2, -0.15) is 0 Å². The number of amides is 3. The van der Waals surface area contributed by atoms with E-state index in [4.69, 9.17) is 10.2 Å². The number of hydrogen-bond donors (Lipinski definition) is 2. The molecule has 0 bridgehead atoms. The number of halogens is 1. The van der Waals surface area contributed by atoms with E-state index in [0.717, 1.165) is 0 Å². The number of aromatic nitrogens is 1. The molecule has 132 valence electrons. The van der Waals surface area contributed by atoms with Gasteiger partial charge in [-0.3, -0.25) is 4.79 Å². The third kappa shape index (κ3) is 4.14. The van der Waals surface area contributed by atoms with Gasteiger partial charge in [-0.25, -0.2) is 14.2 Å². The van der Waals surface area contributed by atoms with E-state index >= 15 is 0 Å². The number of benzene rings is 1. The fraction of sp³-hybridized carbons (Fsp3) is 0.353. The van der Waals surface area contributed by atoms with E-state index in [9.17, 15) is 14.0 Å². The minimum Gasteiger partial charge on any atom is -0.444 e. The Bertz CT molecular complexity index is 760. The molecule has 0 saturated carbocycles. The summed E-state index contributed by atoms with van der Waals surface area (Å²) in [6, 6.07) is 5.65. The van der Waals surface area contributed by atoms with Gasteiger partial charge in [-0.05, 0) is 30.7 Å². The van der Waals surface area contributed by atoms with E-state index in [1.54, 1.807) is 17.0 Å². The molecule has 1 atom stereocenters. The summed E-state index contributed by atoms with van der Waals surface area (Å²) in [7, 11) is 0. The highest BCUT2D eigenvalue weighted by Crippen LogP contribution is 2.19. The molecule has 7 nitrogen and oxygen atoms in total. The van der Waals surface area contributed by atoms with Crippen LogP contribution in [0.4, 0.5) is 9.18 Å². The van der Waals surface area contributed by atoms with Gasteiger partial charge < -0.3 is 20.4 Å². The molecule has 0 radical (unpaired) electrons. The monoisotopic (exact) mass is 346 g/mol. The molecule has 8 heteroatoms. The number of nitrogens with two attached hydrogens (primary N) is 1. The summed E-state index contributed by atoms with van der Waals surface area (Å²) >= 11 is 0. The molecule has 1 aromatic heterocycles. The second kappa shape index (κ2) is 7.33. The topological polar surface area (TPSA) is 101 Å². The number of likely N-dealkylation sites (tertiary alicyclic amines) is 1. The Balaban J connectivity index is 1.47. The average Bonchev–Trinajstić information content (AvgIpc) is 3.25. The zero-order valence-electron chi connectivity index (χ0n) is 13.6. The van der Waals surface area contributed by atoms with Crippen molar-refractivity contribution in [2.75, 3.05) is 19.6 Å². The third-order valence-corrected chi connectivity index (χ3v) is 4.18. The molecule has 3 rings (SSSR count). The fourth-order valence-electron chi connectivity index (χ4n) is 2.73. The lowest BCUT2D eigenvalue weighted by molar-refractivity contribution is -0.121. The zero-order valence-corrected chi connectivity index (χ0v) is 13.6. The van der Waals surface area contributed by atoms with E-state index in [1.807, 2.05) is 0 Å². The van der Waals surface area contributed by atoms with Crippen molar-refractivity contribution in [1.29, 1.82) is 0 Å². The van der Waals surface area contributed by atoms with Crippen LogP contribution in [0.25, 0.3) is 11.5 Å².